The predicted molar refractivity (Wildman–Crippen MR) is 94.4 cm³/mol. The molecule has 0 aliphatic rings. The first kappa shape index (κ1) is 18.4. The van der Waals surface area contributed by atoms with Crippen LogP contribution in [0.5, 0.6) is 0 Å². The van der Waals surface area contributed by atoms with E-state index in [0.29, 0.717) is 11.1 Å². The van der Waals surface area contributed by atoms with Crippen LogP contribution < -0.4 is 5.32 Å². The molecule has 0 bridgehead atoms. The van der Waals surface area contributed by atoms with Gasteiger partial charge in [-0.05, 0) is 36.6 Å². The molecule has 0 saturated carbocycles. The molecule has 0 fully saturated rings. The maximum absolute atomic E-state index is 12.2. The number of amides is 1. The van der Waals surface area contributed by atoms with Gasteiger partial charge in [0, 0.05) is 18.4 Å². The number of ketones is 1. The van der Waals surface area contributed by atoms with E-state index in [9.17, 15) is 19.5 Å². The molecule has 0 radical (unpaired) electrons. The maximum atomic E-state index is 12.2. The van der Waals surface area contributed by atoms with Crippen molar-refractivity contribution in [2.45, 2.75) is 32.7 Å². The van der Waals surface area contributed by atoms with E-state index in [2.05, 4.69) is 5.32 Å². The molecule has 0 heterocycles. The topological polar surface area (TPSA) is 83.5 Å². The fraction of sp³-hybridized carbons (Fsp3) is 0.250. The molecule has 2 aromatic carbocycles. The summed E-state index contributed by atoms with van der Waals surface area (Å²) in [5.74, 6) is -1.74. The minimum Gasteiger partial charge on any atom is -0.479 e. The third-order valence-electron chi connectivity index (χ3n) is 4.09. The van der Waals surface area contributed by atoms with Gasteiger partial charge in [-0.1, -0.05) is 42.5 Å². The van der Waals surface area contributed by atoms with Gasteiger partial charge in [-0.15, -0.1) is 0 Å². The summed E-state index contributed by atoms with van der Waals surface area (Å²) in [5.41, 5.74) is 3.17. The van der Waals surface area contributed by atoms with Crippen molar-refractivity contribution in [1.29, 1.82) is 0 Å². The number of rotatable bonds is 7. The van der Waals surface area contributed by atoms with Gasteiger partial charge in [0.15, 0.2) is 11.8 Å². The van der Waals surface area contributed by atoms with Gasteiger partial charge in [-0.25, -0.2) is 4.79 Å². The summed E-state index contributed by atoms with van der Waals surface area (Å²) in [6.07, 6.45) is -0.0160. The molecule has 0 unspecified atom stereocenters. The Balaban J connectivity index is 1.96. The first-order chi connectivity index (χ1) is 11.9. The maximum Gasteiger partial charge on any atom is 0.330 e. The van der Waals surface area contributed by atoms with Crippen molar-refractivity contribution in [3.8, 4) is 0 Å². The minimum atomic E-state index is -1.14. The Kier molecular flexibility index (Phi) is 6.06. The second-order valence-electron chi connectivity index (χ2n) is 5.97. The van der Waals surface area contributed by atoms with Crippen molar-refractivity contribution in [2.75, 3.05) is 0 Å². The SMILES string of the molecule is Cc1ccc(C(=O)CCC(=O)N[C@H](C(=O)O)c2ccccc2)cc1C. The number of aliphatic carboxylic acids is 1. The average Bonchev–Trinajstić information content (AvgIpc) is 2.60. The molecule has 5 nitrogen and oxygen atoms in total. The fourth-order valence-corrected chi connectivity index (χ4v) is 2.45. The monoisotopic (exact) mass is 339 g/mol. The normalized spacial score (nSPS) is 11.6. The van der Waals surface area contributed by atoms with Crippen LogP contribution in [-0.2, 0) is 9.59 Å². The van der Waals surface area contributed by atoms with E-state index in [1.807, 2.05) is 19.9 Å². The molecule has 130 valence electrons. The molecular formula is C20H21NO4. The molecule has 2 N–H and O–H groups in total. The number of aryl methyl sites for hydroxylation is 2. The zero-order chi connectivity index (χ0) is 18.4. The molecule has 1 amide bonds. The van der Waals surface area contributed by atoms with E-state index in [0.717, 1.165) is 11.1 Å². The van der Waals surface area contributed by atoms with E-state index in [1.54, 1.807) is 42.5 Å². The van der Waals surface area contributed by atoms with Crippen LogP contribution in [0, 0.1) is 13.8 Å². The highest BCUT2D eigenvalue weighted by Gasteiger charge is 2.22. The quantitative estimate of drug-likeness (QED) is 0.759. The van der Waals surface area contributed by atoms with Crippen molar-refractivity contribution in [3.05, 3.63) is 70.8 Å². The molecule has 0 aliphatic carbocycles. The van der Waals surface area contributed by atoms with Gasteiger partial charge in [0.2, 0.25) is 5.91 Å². The first-order valence-corrected chi connectivity index (χ1v) is 8.06. The Bertz CT molecular complexity index is 784. The fourth-order valence-electron chi connectivity index (χ4n) is 2.45. The average molecular weight is 339 g/mol. The number of nitrogens with one attached hydrogen (secondary N) is 1. The van der Waals surface area contributed by atoms with Crippen LogP contribution in [0.15, 0.2) is 48.5 Å². The van der Waals surface area contributed by atoms with E-state index >= 15 is 0 Å². The smallest absolute Gasteiger partial charge is 0.330 e. The zero-order valence-electron chi connectivity index (χ0n) is 14.3. The van der Waals surface area contributed by atoms with Gasteiger partial charge in [-0.2, -0.15) is 0 Å². The third-order valence-corrected chi connectivity index (χ3v) is 4.09. The first-order valence-electron chi connectivity index (χ1n) is 8.06. The van der Waals surface area contributed by atoms with E-state index in [4.69, 9.17) is 0 Å². The molecule has 2 rings (SSSR count). The lowest BCUT2D eigenvalue weighted by Gasteiger charge is -2.14. The van der Waals surface area contributed by atoms with Crippen molar-refractivity contribution in [1.82, 2.24) is 5.32 Å². The molecule has 5 heteroatoms. The van der Waals surface area contributed by atoms with Gasteiger partial charge in [-0.3, -0.25) is 9.59 Å². The van der Waals surface area contributed by atoms with E-state index in [1.165, 1.54) is 0 Å². The summed E-state index contributed by atoms with van der Waals surface area (Å²) in [6.45, 7) is 3.89. The van der Waals surface area contributed by atoms with Crippen LogP contribution in [0.25, 0.3) is 0 Å². The highest BCUT2D eigenvalue weighted by molar-refractivity contribution is 5.98. The second-order valence-corrected chi connectivity index (χ2v) is 5.97. The van der Waals surface area contributed by atoms with Crippen molar-refractivity contribution in [3.63, 3.8) is 0 Å². The molecule has 0 aromatic heterocycles. The molecule has 0 spiro atoms. The van der Waals surface area contributed by atoms with Crippen LogP contribution >= 0.6 is 0 Å². The molecule has 0 saturated heterocycles. The number of carbonyl (C=O) groups excluding carboxylic acids is 2. The number of carbonyl (C=O) groups is 3. The largest absolute Gasteiger partial charge is 0.479 e. The lowest BCUT2D eigenvalue weighted by Crippen LogP contribution is -2.33. The Morgan fingerprint density at radius 3 is 2.24 bits per heavy atom. The van der Waals surface area contributed by atoms with Gasteiger partial charge in [0.1, 0.15) is 0 Å². The summed E-state index contributed by atoms with van der Waals surface area (Å²) in [7, 11) is 0. The van der Waals surface area contributed by atoms with Gasteiger partial charge >= 0.3 is 5.97 Å². The molecule has 1 atom stereocenters. The molecular weight excluding hydrogens is 318 g/mol. The Morgan fingerprint density at radius 2 is 1.64 bits per heavy atom. The second kappa shape index (κ2) is 8.24. The Labute approximate surface area is 146 Å². The minimum absolute atomic E-state index is 0.0372. The number of hydrogen-bond acceptors (Lipinski definition) is 3. The van der Waals surface area contributed by atoms with Crippen LogP contribution in [0.4, 0.5) is 0 Å². The summed E-state index contributed by atoms with van der Waals surface area (Å²) in [6, 6.07) is 12.8. The van der Waals surface area contributed by atoms with E-state index in [-0.39, 0.29) is 18.6 Å². The summed E-state index contributed by atoms with van der Waals surface area (Å²) >= 11 is 0. The van der Waals surface area contributed by atoms with Crippen LogP contribution in [0.1, 0.15) is 45.9 Å². The van der Waals surface area contributed by atoms with Crippen molar-refractivity contribution >= 4 is 17.7 Å². The molecule has 25 heavy (non-hydrogen) atoms. The number of Topliss-reactive ketones (excluding diaryl/α,β-unsaturated/α-hetero) is 1. The van der Waals surface area contributed by atoms with Crippen LogP contribution in [0.2, 0.25) is 0 Å². The predicted octanol–water partition coefficient (Wildman–Crippen LogP) is 3.21. The zero-order valence-corrected chi connectivity index (χ0v) is 14.3. The number of carboxylic acids is 1. The van der Waals surface area contributed by atoms with Gasteiger partial charge in [0.05, 0.1) is 0 Å². The lowest BCUT2D eigenvalue weighted by atomic mass is 10.0. The molecule has 0 aliphatic heterocycles. The van der Waals surface area contributed by atoms with Crippen molar-refractivity contribution < 1.29 is 19.5 Å². The van der Waals surface area contributed by atoms with Crippen molar-refractivity contribution in [2.24, 2.45) is 0 Å². The summed E-state index contributed by atoms with van der Waals surface area (Å²) in [5, 5.41) is 11.8. The van der Waals surface area contributed by atoms with Crippen LogP contribution in [0.3, 0.4) is 0 Å². The highest BCUT2D eigenvalue weighted by atomic mass is 16.4. The third kappa shape index (κ3) is 5.01. The van der Waals surface area contributed by atoms with Gasteiger partial charge < -0.3 is 10.4 Å². The van der Waals surface area contributed by atoms with E-state index < -0.39 is 17.9 Å². The lowest BCUT2D eigenvalue weighted by molar-refractivity contribution is -0.142. The number of carboxylic acid groups (broad SMARTS) is 1. The highest BCUT2D eigenvalue weighted by Crippen LogP contribution is 2.15. The summed E-state index contributed by atoms with van der Waals surface area (Å²) in [4.78, 5) is 35.7. The van der Waals surface area contributed by atoms with Gasteiger partial charge in [0.25, 0.3) is 0 Å². The van der Waals surface area contributed by atoms with Crippen LogP contribution in [-0.4, -0.2) is 22.8 Å². The number of benzene rings is 2. The summed E-state index contributed by atoms with van der Waals surface area (Å²) < 4.78 is 0. The standard InChI is InChI=1S/C20H21NO4/c1-13-8-9-16(12-14(13)2)17(22)10-11-18(23)21-19(20(24)25)15-6-4-3-5-7-15/h3-9,12,19H,10-11H2,1-2H3,(H,21,23)(H,24,25)/t19-/m0/s1. The Morgan fingerprint density at radius 1 is 0.960 bits per heavy atom. The molecule has 2 aromatic rings. The number of hydrogen-bond donors (Lipinski definition) is 2. The Hall–Kier alpha value is -2.95.